The molecular formula is C30H34O4. The molecule has 1 aromatic rings. The third kappa shape index (κ3) is 3.17. The van der Waals surface area contributed by atoms with E-state index in [-0.39, 0.29) is 28.9 Å². The fourth-order valence-electron chi connectivity index (χ4n) is 8.17. The standard InChI is InChI=1S/C30H34O4/c1-18(31)33-27-11-10-24-22-9-8-20-16-19(12-14-29(20,2)25(22)13-15-30(24,27)3)17-23-21-6-4-5-7-26(21)34-28(23)32/h4-8,16-17,22,24-25,27H,9-15H2,1-3H3/b23-17-/t22-,24-,25-,27-,29-,30-/m0/s1. The van der Waals surface area contributed by atoms with Crippen LogP contribution in [0.4, 0.5) is 0 Å². The molecular weight excluding hydrogens is 424 g/mol. The van der Waals surface area contributed by atoms with E-state index in [0.29, 0.717) is 29.1 Å². The molecule has 0 spiro atoms. The van der Waals surface area contributed by atoms with Gasteiger partial charge in [-0.25, -0.2) is 4.79 Å². The number of rotatable bonds is 2. The molecule has 2 saturated carbocycles. The second kappa shape index (κ2) is 7.69. The molecule has 1 aromatic carbocycles. The van der Waals surface area contributed by atoms with E-state index in [2.05, 4.69) is 32.1 Å². The summed E-state index contributed by atoms with van der Waals surface area (Å²) in [5, 5.41) is 0. The molecule has 2 fully saturated rings. The van der Waals surface area contributed by atoms with Crippen molar-refractivity contribution >= 4 is 17.5 Å². The Kier molecular flexibility index (Phi) is 4.95. The van der Waals surface area contributed by atoms with Crippen LogP contribution in [-0.2, 0) is 14.3 Å². The summed E-state index contributed by atoms with van der Waals surface area (Å²) in [5.41, 5.74) is 4.54. The van der Waals surface area contributed by atoms with E-state index in [1.54, 1.807) is 6.92 Å². The van der Waals surface area contributed by atoms with E-state index in [0.717, 1.165) is 37.7 Å². The molecule has 0 amide bonds. The van der Waals surface area contributed by atoms with Gasteiger partial charge >= 0.3 is 11.9 Å². The lowest BCUT2D eigenvalue weighted by Gasteiger charge is -2.56. The maximum absolute atomic E-state index is 12.5. The Morgan fingerprint density at radius 2 is 1.94 bits per heavy atom. The first-order valence-electron chi connectivity index (χ1n) is 12.9. The fourth-order valence-corrected chi connectivity index (χ4v) is 8.17. The first-order chi connectivity index (χ1) is 16.3. The molecule has 6 atom stereocenters. The zero-order chi connectivity index (χ0) is 23.7. The maximum Gasteiger partial charge on any atom is 0.344 e. The van der Waals surface area contributed by atoms with E-state index >= 15 is 0 Å². The molecule has 0 aromatic heterocycles. The molecule has 0 unspecified atom stereocenters. The van der Waals surface area contributed by atoms with Crippen LogP contribution in [0.5, 0.6) is 5.75 Å². The Labute approximate surface area is 202 Å². The van der Waals surface area contributed by atoms with Gasteiger partial charge in [0.15, 0.2) is 0 Å². The molecule has 6 rings (SSSR count). The van der Waals surface area contributed by atoms with Crippen molar-refractivity contribution < 1.29 is 19.1 Å². The first kappa shape index (κ1) is 21.9. The van der Waals surface area contributed by atoms with Gasteiger partial charge in [-0.3, -0.25) is 4.79 Å². The normalized spacial score (nSPS) is 39.3. The Morgan fingerprint density at radius 3 is 2.76 bits per heavy atom. The summed E-state index contributed by atoms with van der Waals surface area (Å²) >= 11 is 0. The summed E-state index contributed by atoms with van der Waals surface area (Å²) in [5.74, 6) is 2.24. The van der Waals surface area contributed by atoms with Gasteiger partial charge in [-0.15, -0.1) is 0 Å². The van der Waals surface area contributed by atoms with Crippen molar-refractivity contribution in [2.75, 3.05) is 0 Å². The summed E-state index contributed by atoms with van der Waals surface area (Å²) in [6.45, 7) is 6.39. The number of hydrogen-bond donors (Lipinski definition) is 0. The van der Waals surface area contributed by atoms with Crippen molar-refractivity contribution in [1.82, 2.24) is 0 Å². The summed E-state index contributed by atoms with van der Waals surface area (Å²) in [4.78, 5) is 24.2. The summed E-state index contributed by atoms with van der Waals surface area (Å²) in [7, 11) is 0. The van der Waals surface area contributed by atoms with Gasteiger partial charge < -0.3 is 9.47 Å². The summed E-state index contributed by atoms with van der Waals surface area (Å²) in [6.07, 6.45) is 14.7. The Bertz CT molecular complexity index is 1160. The lowest BCUT2D eigenvalue weighted by Crippen LogP contribution is -2.50. The van der Waals surface area contributed by atoms with Gasteiger partial charge in [0.1, 0.15) is 11.9 Å². The van der Waals surface area contributed by atoms with Crippen LogP contribution in [0.15, 0.2) is 53.6 Å². The van der Waals surface area contributed by atoms with Gasteiger partial charge in [0.05, 0.1) is 5.57 Å². The highest BCUT2D eigenvalue weighted by Gasteiger charge is 2.59. The van der Waals surface area contributed by atoms with Crippen LogP contribution in [0.1, 0.15) is 71.3 Å². The molecule has 4 heteroatoms. The highest BCUT2D eigenvalue weighted by Crippen LogP contribution is 2.65. The van der Waals surface area contributed by atoms with Crippen LogP contribution >= 0.6 is 0 Å². The molecule has 0 radical (unpaired) electrons. The zero-order valence-corrected chi connectivity index (χ0v) is 20.4. The molecule has 0 bridgehead atoms. The predicted molar refractivity (Wildman–Crippen MR) is 131 cm³/mol. The number of fused-ring (bicyclic) bond motifs is 6. The minimum absolute atomic E-state index is 0.0765. The maximum atomic E-state index is 12.5. The highest BCUT2D eigenvalue weighted by molar-refractivity contribution is 6.21. The Morgan fingerprint density at radius 1 is 1.12 bits per heavy atom. The van der Waals surface area contributed by atoms with E-state index in [1.165, 1.54) is 24.0 Å². The minimum Gasteiger partial charge on any atom is -0.462 e. The summed E-state index contributed by atoms with van der Waals surface area (Å²) < 4.78 is 11.3. The second-order valence-electron chi connectivity index (χ2n) is 11.6. The third-order valence-corrected chi connectivity index (χ3v) is 9.95. The topological polar surface area (TPSA) is 52.6 Å². The Balaban J connectivity index is 1.29. The molecule has 4 aliphatic carbocycles. The number of esters is 2. The van der Waals surface area contributed by atoms with Crippen LogP contribution in [-0.4, -0.2) is 18.0 Å². The lowest BCUT2D eigenvalue weighted by atomic mass is 9.48. The van der Waals surface area contributed by atoms with Crippen molar-refractivity contribution in [3.05, 3.63) is 59.2 Å². The number of hydrogen-bond acceptors (Lipinski definition) is 4. The number of carbonyl (C=O) groups excluding carboxylic acids is 2. The molecule has 0 N–H and O–H groups in total. The smallest absolute Gasteiger partial charge is 0.344 e. The fraction of sp³-hybridized carbons (Fsp3) is 0.533. The highest BCUT2D eigenvalue weighted by atomic mass is 16.5. The van der Waals surface area contributed by atoms with Crippen molar-refractivity contribution in [2.24, 2.45) is 28.6 Å². The van der Waals surface area contributed by atoms with Crippen LogP contribution in [0.3, 0.4) is 0 Å². The number of para-hydroxylation sites is 1. The molecule has 34 heavy (non-hydrogen) atoms. The van der Waals surface area contributed by atoms with E-state index in [1.807, 2.05) is 24.3 Å². The van der Waals surface area contributed by atoms with Crippen LogP contribution < -0.4 is 4.74 Å². The molecule has 178 valence electrons. The zero-order valence-electron chi connectivity index (χ0n) is 20.4. The SMILES string of the molecule is CC(=O)O[C@H]1CC[C@H]2[C@@H]3CC=C4C=C(/C=C5\C(=O)Oc6ccccc65)CC[C@]4(C)[C@H]3CC[C@]12C. The molecule has 1 heterocycles. The largest absolute Gasteiger partial charge is 0.462 e. The van der Waals surface area contributed by atoms with Gasteiger partial charge in [-0.05, 0) is 91.4 Å². The van der Waals surface area contributed by atoms with Crippen molar-refractivity contribution in [3.63, 3.8) is 0 Å². The van der Waals surface area contributed by atoms with Crippen molar-refractivity contribution in [2.45, 2.75) is 71.8 Å². The van der Waals surface area contributed by atoms with E-state index < -0.39 is 0 Å². The van der Waals surface area contributed by atoms with Crippen LogP contribution in [0.2, 0.25) is 0 Å². The number of benzene rings is 1. The lowest BCUT2D eigenvalue weighted by molar-refractivity contribution is -0.156. The molecule has 5 aliphatic rings. The third-order valence-electron chi connectivity index (χ3n) is 9.95. The second-order valence-corrected chi connectivity index (χ2v) is 11.6. The van der Waals surface area contributed by atoms with Crippen molar-refractivity contribution in [3.8, 4) is 5.75 Å². The van der Waals surface area contributed by atoms with Gasteiger partial charge in [-0.1, -0.05) is 44.2 Å². The van der Waals surface area contributed by atoms with Crippen LogP contribution in [0, 0.1) is 28.6 Å². The number of ether oxygens (including phenoxy) is 2. The average molecular weight is 459 g/mol. The average Bonchev–Trinajstić information content (AvgIpc) is 3.30. The molecule has 4 nitrogen and oxygen atoms in total. The molecule has 1 aliphatic heterocycles. The summed E-state index contributed by atoms with van der Waals surface area (Å²) in [6, 6.07) is 7.68. The predicted octanol–water partition coefficient (Wildman–Crippen LogP) is 6.42. The van der Waals surface area contributed by atoms with Gasteiger partial charge in [-0.2, -0.15) is 0 Å². The molecule has 0 saturated heterocycles. The minimum atomic E-state index is -0.247. The number of allylic oxidation sites excluding steroid dienone is 5. The van der Waals surface area contributed by atoms with Crippen molar-refractivity contribution in [1.29, 1.82) is 0 Å². The van der Waals surface area contributed by atoms with Gasteiger partial charge in [0.25, 0.3) is 0 Å². The Hall–Kier alpha value is -2.62. The first-order valence-corrected chi connectivity index (χ1v) is 12.9. The van der Waals surface area contributed by atoms with Crippen LogP contribution in [0.25, 0.3) is 5.57 Å². The number of carbonyl (C=O) groups is 2. The van der Waals surface area contributed by atoms with E-state index in [9.17, 15) is 9.59 Å². The monoisotopic (exact) mass is 458 g/mol. The van der Waals surface area contributed by atoms with E-state index in [4.69, 9.17) is 9.47 Å². The van der Waals surface area contributed by atoms with Gasteiger partial charge in [0, 0.05) is 17.9 Å². The van der Waals surface area contributed by atoms with Gasteiger partial charge in [0.2, 0.25) is 0 Å². The quantitative estimate of drug-likeness (QED) is 0.291.